The van der Waals surface area contributed by atoms with Crippen LogP contribution in [0.1, 0.15) is 20.3 Å². The second-order valence-corrected chi connectivity index (χ2v) is 8.02. The molecule has 1 aromatic heterocycles. The van der Waals surface area contributed by atoms with Gasteiger partial charge in [0.2, 0.25) is 5.91 Å². The molecule has 2 aromatic rings. The predicted octanol–water partition coefficient (Wildman–Crippen LogP) is 3.97. The van der Waals surface area contributed by atoms with Gasteiger partial charge in [-0.25, -0.2) is 18.7 Å². The van der Waals surface area contributed by atoms with Gasteiger partial charge >= 0.3 is 0 Å². The Balaban J connectivity index is 1.59. The predicted molar refractivity (Wildman–Crippen MR) is 103 cm³/mol. The molecule has 27 heavy (non-hydrogen) atoms. The first-order chi connectivity index (χ1) is 12.9. The van der Waals surface area contributed by atoms with Crippen LogP contribution in [0.5, 0.6) is 0 Å². The molecule has 1 N–H and O–H groups in total. The molecule has 1 aliphatic rings. The highest BCUT2D eigenvalue weighted by atomic mass is 32.2. The van der Waals surface area contributed by atoms with E-state index in [0.717, 1.165) is 37.1 Å². The Bertz CT molecular complexity index is 810. The molecule has 0 radical (unpaired) electrons. The van der Waals surface area contributed by atoms with Crippen LogP contribution >= 0.6 is 11.8 Å². The summed E-state index contributed by atoms with van der Waals surface area (Å²) < 4.78 is 26.8. The summed E-state index contributed by atoms with van der Waals surface area (Å²) in [6.45, 7) is 6.36. The van der Waals surface area contributed by atoms with Gasteiger partial charge in [0.15, 0.2) is 0 Å². The van der Waals surface area contributed by atoms with Crippen LogP contribution in [0.4, 0.5) is 20.3 Å². The number of aromatic nitrogens is 2. The van der Waals surface area contributed by atoms with Crippen molar-refractivity contribution in [2.24, 2.45) is 11.8 Å². The summed E-state index contributed by atoms with van der Waals surface area (Å²) >= 11 is 1.23. The van der Waals surface area contributed by atoms with E-state index in [1.807, 2.05) is 6.07 Å². The minimum atomic E-state index is -0.674. The summed E-state index contributed by atoms with van der Waals surface area (Å²) in [5.41, 5.74) is -0.166. The molecule has 0 spiro atoms. The Morgan fingerprint density at radius 1 is 1.22 bits per heavy atom. The lowest BCUT2D eigenvalue weighted by molar-refractivity contribution is -0.113. The molecule has 2 heterocycles. The third-order valence-corrected chi connectivity index (χ3v) is 5.30. The summed E-state index contributed by atoms with van der Waals surface area (Å²) in [6.07, 6.45) is 2.70. The van der Waals surface area contributed by atoms with Gasteiger partial charge in [0, 0.05) is 25.2 Å². The number of carbonyl (C=O) groups excluding carboxylic acids is 1. The number of nitrogens with one attached hydrogen (secondary N) is 1. The molecule has 5 nitrogen and oxygen atoms in total. The summed E-state index contributed by atoms with van der Waals surface area (Å²) in [5, 5.41) is 3.05. The Morgan fingerprint density at radius 3 is 2.70 bits per heavy atom. The highest BCUT2D eigenvalue weighted by Crippen LogP contribution is 2.27. The van der Waals surface area contributed by atoms with Crippen LogP contribution in [0.3, 0.4) is 0 Å². The van der Waals surface area contributed by atoms with Crippen molar-refractivity contribution >= 4 is 29.2 Å². The minimum absolute atomic E-state index is 0.0409. The SMILES string of the molecule is CC1CC(C)CN(c2cc(SCC(=O)Nc3cc(F)ccc3F)ncn2)C1. The molecule has 1 amide bonds. The molecule has 2 unspecified atom stereocenters. The number of rotatable bonds is 5. The van der Waals surface area contributed by atoms with Gasteiger partial charge in [0.25, 0.3) is 0 Å². The summed E-state index contributed by atoms with van der Waals surface area (Å²) in [5.74, 6) is 0.391. The number of carbonyl (C=O) groups is 1. The highest BCUT2D eigenvalue weighted by molar-refractivity contribution is 7.99. The van der Waals surface area contributed by atoms with Crippen LogP contribution in [0.25, 0.3) is 0 Å². The van der Waals surface area contributed by atoms with Gasteiger partial charge in [0.1, 0.15) is 28.8 Å². The lowest BCUT2D eigenvalue weighted by Crippen LogP contribution is -2.39. The number of benzene rings is 1. The van der Waals surface area contributed by atoms with Crippen LogP contribution in [-0.2, 0) is 4.79 Å². The summed E-state index contributed by atoms with van der Waals surface area (Å²) in [6, 6.07) is 4.81. The van der Waals surface area contributed by atoms with Crippen molar-refractivity contribution < 1.29 is 13.6 Å². The molecule has 3 rings (SSSR count). The second-order valence-electron chi connectivity index (χ2n) is 7.03. The number of amides is 1. The normalized spacial score (nSPS) is 19.8. The number of anilines is 2. The van der Waals surface area contributed by atoms with E-state index in [1.165, 1.54) is 24.5 Å². The first kappa shape index (κ1) is 19.5. The molecular weight excluding hydrogens is 370 g/mol. The maximum atomic E-state index is 13.6. The smallest absolute Gasteiger partial charge is 0.234 e. The molecule has 8 heteroatoms. The maximum absolute atomic E-state index is 13.6. The third kappa shape index (κ3) is 5.38. The van der Waals surface area contributed by atoms with Gasteiger partial charge in [0.05, 0.1) is 11.4 Å². The van der Waals surface area contributed by atoms with Crippen LogP contribution in [0.15, 0.2) is 35.6 Å². The van der Waals surface area contributed by atoms with Crippen molar-refractivity contribution in [1.82, 2.24) is 9.97 Å². The zero-order chi connectivity index (χ0) is 19.4. The van der Waals surface area contributed by atoms with Crippen molar-refractivity contribution in [3.8, 4) is 0 Å². The average molecular weight is 392 g/mol. The van der Waals surface area contributed by atoms with E-state index in [2.05, 4.69) is 34.0 Å². The number of hydrogen-bond acceptors (Lipinski definition) is 5. The van der Waals surface area contributed by atoms with Gasteiger partial charge in [-0.15, -0.1) is 0 Å². The van der Waals surface area contributed by atoms with E-state index in [0.29, 0.717) is 16.9 Å². The zero-order valence-electron chi connectivity index (χ0n) is 15.3. The monoisotopic (exact) mass is 392 g/mol. The van der Waals surface area contributed by atoms with E-state index in [9.17, 15) is 13.6 Å². The molecule has 1 aromatic carbocycles. The molecule has 1 saturated heterocycles. The van der Waals surface area contributed by atoms with E-state index in [1.54, 1.807) is 0 Å². The Hall–Kier alpha value is -2.22. The molecule has 1 fully saturated rings. The van der Waals surface area contributed by atoms with E-state index in [-0.39, 0.29) is 11.4 Å². The Labute approximate surface area is 161 Å². The fraction of sp³-hybridized carbons (Fsp3) is 0.421. The van der Waals surface area contributed by atoms with E-state index in [4.69, 9.17) is 0 Å². The summed E-state index contributed by atoms with van der Waals surface area (Å²) in [4.78, 5) is 22.8. The largest absolute Gasteiger partial charge is 0.356 e. The summed E-state index contributed by atoms with van der Waals surface area (Å²) in [7, 11) is 0. The van der Waals surface area contributed by atoms with Crippen LogP contribution in [-0.4, -0.2) is 34.7 Å². The second kappa shape index (κ2) is 8.65. The number of piperidine rings is 1. The lowest BCUT2D eigenvalue weighted by atomic mass is 9.92. The standard InChI is InChI=1S/C19H22F2N4OS/c1-12-5-13(2)9-25(8-12)17-7-19(23-11-22-17)27-10-18(26)24-16-6-14(20)3-4-15(16)21/h3-4,6-7,11-13H,5,8-10H2,1-2H3,(H,24,26). The van der Waals surface area contributed by atoms with Gasteiger partial charge in [-0.05, 0) is 30.4 Å². The third-order valence-electron chi connectivity index (χ3n) is 4.37. The van der Waals surface area contributed by atoms with Crippen molar-refractivity contribution in [3.05, 3.63) is 42.2 Å². The van der Waals surface area contributed by atoms with Crippen molar-refractivity contribution in [1.29, 1.82) is 0 Å². The Morgan fingerprint density at radius 2 is 1.96 bits per heavy atom. The number of thioether (sulfide) groups is 1. The molecule has 1 aliphatic heterocycles. The molecule has 0 bridgehead atoms. The van der Waals surface area contributed by atoms with Crippen LogP contribution in [0.2, 0.25) is 0 Å². The number of hydrogen-bond donors (Lipinski definition) is 1. The number of nitrogens with zero attached hydrogens (tertiary/aromatic N) is 3. The molecule has 0 saturated carbocycles. The quantitative estimate of drug-likeness (QED) is 0.616. The first-order valence-electron chi connectivity index (χ1n) is 8.85. The van der Waals surface area contributed by atoms with Crippen molar-refractivity contribution in [3.63, 3.8) is 0 Å². The minimum Gasteiger partial charge on any atom is -0.356 e. The zero-order valence-corrected chi connectivity index (χ0v) is 16.1. The fourth-order valence-corrected chi connectivity index (χ4v) is 4.01. The van der Waals surface area contributed by atoms with Crippen molar-refractivity contribution in [2.75, 3.05) is 29.1 Å². The van der Waals surface area contributed by atoms with Crippen LogP contribution in [0, 0.1) is 23.5 Å². The van der Waals surface area contributed by atoms with Gasteiger partial charge < -0.3 is 10.2 Å². The van der Waals surface area contributed by atoms with Gasteiger partial charge in [-0.2, -0.15) is 0 Å². The topological polar surface area (TPSA) is 58.1 Å². The highest BCUT2D eigenvalue weighted by Gasteiger charge is 2.23. The maximum Gasteiger partial charge on any atom is 0.234 e. The van der Waals surface area contributed by atoms with Gasteiger partial charge in [-0.3, -0.25) is 4.79 Å². The average Bonchev–Trinajstić information content (AvgIpc) is 2.62. The first-order valence-corrected chi connectivity index (χ1v) is 9.84. The molecular formula is C19H22F2N4OS. The molecule has 0 aliphatic carbocycles. The fourth-order valence-electron chi connectivity index (χ4n) is 3.35. The Kier molecular flexibility index (Phi) is 6.26. The number of halogens is 2. The lowest BCUT2D eigenvalue weighted by Gasteiger charge is -2.35. The van der Waals surface area contributed by atoms with Crippen LogP contribution < -0.4 is 10.2 Å². The van der Waals surface area contributed by atoms with Crippen molar-refractivity contribution in [2.45, 2.75) is 25.3 Å². The van der Waals surface area contributed by atoms with E-state index < -0.39 is 17.5 Å². The molecule has 2 atom stereocenters. The molecule has 144 valence electrons. The van der Waals surface area contributed by atoms with E-state index >= 15 is 0 Å². The van der Waals surface area contributed by atoms with Gasteiger partial charge in [-0.1, -0.05) is 25.6 Å².